The van der Waals surface area contributed by atoms with Crippen molar-refractivity contribution >= 4 is 35.1 Å². The van der Waals surface area contributed by atoms with E-state index in [4.69, 9.17) is 23.2 Å². The second kappa shape index (κ2) is 9.15. The lowest BCUT2D eigenvalue weighted by atomic mass is 10.1. The number of nitrogens with zero attached hydrogens (tertiary/aromatic N) is 2. The Labute approximate surface area is 154 Å². The topological polar surface area (TPSA) is 56.7 Å². The smallest absolute Gasteiger partial charge is 0.350 e. The number of aliphatic imine (C=N–C) groups is 1. The number of hydrogen-bond donors (Lipinski definition) is 2. The third-order valence-electron chi connectivity index (χ3n) is 3.27. The van der Waals surface area contributed by atoms with E-state index in [1.54, 1.807) is 18.2 Å². The van der Waals surface area contributed by atoms with E-state index >= 15 is 0 Å². The molecule has 1 aromatic carbocycles. The molecule has 10 heteroatoms. The molecular weight excluding hydrogens is 380 g/mol. The maximum absolute atomic E-state index is 12.3. The number of hydrogen-bond acceptors (Lipinski definition) is 2. The molecule has 0 radical (unpaired) electrons. The van der Waals surface area contributed by atoms with Crippen molar-refractivity contribution in [2.45, 2.75) is 19.1 Å². The fraction of sp³-hybridized carbons (Fsp3) is 0.467. The Morgan fingerprint density at radius 2 is 1.96 bits per heavy atom. The largest absolute Gasteiger partial charge is 0.406 e. The van der Waals surface area contributed by atoms with Gasteiger partial charge in [0, 0.05) is 14.1 Å². The molecular formula is C15H19Cl2F3N4O. The Bertz CT molecular complexity index is 638. The van der Waals surface area contributed by atoms with Crippen molar-refractivity contribution in [1.82, 2.24) is 15.5 Å². The van der Waals surface area contributed by atoms with Gasteiger partial charge >= 0.3 is 6.18 Å². The molecule has 0 heterocycles. The fourth-order valence-corrected chi connectivity index (χ4v) is 2.22. The van der Waals surface area contributed by atoms with Crippen LogP contribution in [0.4, 0.5) is 13.2 Å². The number of benzene rings is 1. The number of guanidine groups is 1. The second-order valence-corrected chi connectivity index (χ2v) is 6.14. The first-order valence-corrected chi connectivity index (χ1v) is 8.02. The molecule has 0 bridgehead atoms. The predicted molar refractivity (Wildman–Crippen MR) is 93.1 cm³/mol. The second-order valence-electron chi connectivity index (χ2n) is 5.33. The number of carbonyl (C=O) groups excluding carboxylic acids is 1. The molecule has 2 N–H and O–H groups in total. The summed E-state index contributed by atoms with van der Waals surface area (Å²) in [7, 11) is 2.58. The molecule has 0 saturated carbocycles. The van der Waals surface area contributed by atoms with Gasteiger partial charge in [0.2, 0.25) is 5.91 Å². The first kappa shape index (κ1) is 21.4. The third kappa shape index (κ3) is 7.39. The molecule has 0 aliphatic rings. The Morgan fingerprint density at radius 1 is 1.32 bits per heavy atom. The van der Waals surface area contributed by atoms with Crippen LogP contribution in [0.3, 0.4) is 0 Å². The van der Waals surface area contributed by atoms with E-state index in [1.165, 1.54) is 7.05 Å². The van der Waals surface area contributed by atoms with Gasteiger partial charge in [-0.25, -0.2) is 0 Å². The normalized spacial score (nSPS) is 13.4. The van der Waals surface area contributed by atoms with E-state index in [2.05, 4.69) is 15.6 Å². The van der Waals surface area contributed by atoms with Crippen molar-refractivity contribution < 1.29 is 18.0 Å². The van der Waals surface area contributed by atoms with Gasteiger partial charge in [0.15, 0.2) is 5.96 Å². The molecule has 0 aliphatic heterocycles. The molecule has 1 rings (SSSR count). The van der Waals surface area contributed by atoms with Crippen LogP contribution in [0.25, 0.3) is 0 Å². The van der Waals surface area contributed by atoms with Crippen LogP contribution in [0, 0.1) is 0 Å². The van der Waals surface area contributed by atoms with Crippen LogP contribution in [0.2, 0.25) is 10.0 Å². The van der Waals surface area contributed by atoms with Crippen LogP contribution in [-0.2, 0) is 4.79 Å². The molecule has 1 unspecified atom stereocenters. The average molecular weight is 399 g/mol. The van der Waals surface area contributed by atoms with Gasteiger partial charge in [-0.3, -0.25) is 9.79 Å². The highest BCUT2D eigenvalue weighted by Gasteiger charge is 2.31. The first-order chi connectivity index (χ1) is 11.5. The fourth-order valence-electron chi connectivity index (χ4n) is 1.92. The monoisotopic (exact) mass is 398 g/mol. The molecule has 1 aromatic rings. The maximum Gasteiger partial charge on any atom is 0.406 e. The lowest BCUT2D eigenvalue weighted by Crippen LogP contribution is -2.46. The van der Waals surface area contributed by atoms with Gasteiger partial charge in [-0.2, -0.15) is 13.2 Å². The minimum absolute atomic E-state index is 0.219. The third-order valence-corrected chi connectivity index (χ3v) is 4.01. The van der Waals surface area contributed by atoms with Gasteiger partial charge in [-0.05, 0) is 24.6 Å². The van der Waals surface area contributed by atoms with E-state index in [-0.39, 0.29) is 18.5 Å². The Hall–Kier alpha value is -1.67. The van der Waals surface area contributed by atoms with E-state index < -0.39 is 18.6 Å². The molecule has 140 valence electrons. The molecule has 25 heavy (non-hydrogen) atoms. The molecule has 0 aliphatic carbocycles. The first-order valence-electron chi connectivity index (χ1n) is 7.26. The Balaban J connectivity index is 2.59. The SMILES string of the molecule is CN=C(NCC(=O)N(C)CC(F)(F)F)NC(C)c1ccc(Cl)c(Cl)c1. The van der Waals surface area contributed by atoms with Gasteiger partial charge in [0.05, 0.1) is 22.6 Å². The summed E-state index contributed by atoms with van der Waals surface area (Å²) in [6.07, 6.45) is -4.44. The highest BCUT2D eigenvalue weighted by atomic mass is 35.5. The lowest BCUT2D eigenvalue weighted by Gasteiger charge is -2.21. The van der Waals surface area contributed by atoms with Crippen LogP contribution in [0.15, 0.2) is 23.2 Å². The van der Waals surface area contributed by atoms with E-state index in [0.29, 0.717) is 14.9 Å². The lowest BCUT2D eigenvalue weighted by molar-refractivity contribution is -0.157. The van der Waals surface area contributed by atoms with Gasteiger partial charge in [0.25, 0.3) is 0 Å². The highest BCUT2D eigenvalue weighted by Crippen LogP contribution is 2.25. The number of nitrogens with one attached hydrogen (secondary N) is 2. The van der Waals surface area contributed by atoms with Gasteiger partial charge in [-0.1, -0.05) is 29.3 Å². The summed E-state index contributed by atoms with van der Waals surface area (Å²) >= 11 is 11.8. The minimum atomic E-state index is -4.44. The molecule has 5 nitrogen and oxygen atoms in total. The van der Waals surface area contributed by atoms with Crippen LogP contribution < -0.4 is 10.6 Å². The van der Waals surface area contributed by atoms with Gasteiger partial charge in [0.1, 0.15) is 6.54 Å². The number of amides is 1. The summed E-state index contributed by atoms with van der Waals surface area (Å²) in [5.74, 6) is -0.435. The van der Waals surface area contributed by atoms with Crippen LogP contribution in [0.5, 0.6) is 0 Å². The molecule has 0 spiro atoms. The van der Waals surface area contributed by atoms with E-state index in [0.717, 1.165) is 12.6 Å². The molecule has 0 saturated heterocycles. The number of alkyl halides is 3. The van der Waals surface area contributed by atoms with Crippen molar-refractivity contribution in [1.29, 1.82) is 0 Å². The molecule has 1 atom stereocenters. The van der Waals surface area contributed by atoms with Crippen molar-refractivity contribution in [2.75, 3.05) is 27.2 Å². The summed E-state index contributed by atoms with van der Waals surface area (Å²) in [5, 5.41) is 6.53. The van der Waals surface area contributed by atoms with Crippen molar-refractivity contribution in [3.05, 3.63) is 33.8 Å². The van der Waals surface area contributed by atoms with Crippen molar-refractivity contribution in [2.24, 2.45) is 4.99 Å². The zero-order valence-corrected chi connectivity index (χ0v) is 15.4. The molecule has 0 fully saturated rings. The number of likely N-dealkylation sites (N-methyl/N-ethyl adjacent to an activating group) is 1. The van der Waals surface area contributed by atoms with Crippen LogP contribution in [-0.4, -0.2) is 50.1 Å². The summed E-state index contributed by atoms with van der Waals surface area (Å²) in [6, 6.07) is 4.91. The average Bonchev–Trinajstić information content (AvgIpc) is 2.51. The van der Waals surface area contributed by atoms with Crippen molar-refractivity contribution in [3.8, 4) is 0 Å². The number of rotatable bonds is 5. The minimum Gasteiger partial charge on any atom is -0.350 e. The van der Waals surface area contributed by atoms with Gasteiger partial charge < -0.3 is 15.5 Å². The summed E-state index contributed by atoms with van der Waals surface area (Å²) in [5.41, 5.74) is 0.831. The summed E-state index contributed by atoms with van der Waals surface area (Å²) < 4.78 is 36.8. The summed E-state index contributed by atoms with van der Waals surface area (Å²) in [6.45, 7) is 0.212. The Morgan fingerprint density at radius 3 is 2.48 bits per heavy atom. The predicted octanol–water partition coefficient (Wildman–Crippen LogP) is 3.24. The quantitative estimate of drug-likeness (QED) is 0.591. The van der Waals surface area contributed by atoms with Crippen molar-refractivity contribution in [3.63, 3.8) is 0 Å². The van der Waals surface area contributed by atoms with Crippen LogP contribution >= 0.6 is 23.2 Å². The molecule has 1 amide bonds. The summed E-state index contributed by atoms with van der Waals surface area (Å²) in [4.78, 5) is 16.3. The number of carbonyl (C=O) groups is 1. The zero-order chi connectivity index (χ0) is 19.2. The van der Waals surface area contributed by atoms with Gasteiger partial charge in [-0.15, -0.1) is 0 Å². The highest BCUT2D eigenvalue weighted by molar-refractivity contribution is 6.42. The molecule has 0 aromatic heterocycles. The zero-order valence-electron chi connectivity index (χ0n) is 13.9. The standard InChI is InChI=1S/C15H19Cl2F3N4O/c1-9(10-4-5-11(16)12(17)6-10)23-14(21-2)22-7-13(25)24(3)8-15(18,19)20/h4-6,9H,7-8H2,1-3H3,(H2,21,22,23). The van der Waals surface area contributed by atoms with E-state index in [9.17, 15) is 18.0 Å². The Kier molecular flexibility index (Phi) is 7.82. The van der Waals surface area contributed by atoms with E-state index in [1.807, 2.05) is 6.92 Å². The maximum atomic E-state index is 12.3. The number of halogens is 5. The van der Waals surface area contributed by atoms with Crippen LogP contribution in [0.1, 0.15) is 18.5 Å².